The molecule has 1 saturated carbocycles. The van der Waals surface area contributed by atoms with Gasteiger partial charge >= 0.3 is 5.97 Å². The van der Waals surface area contributed by atoms with Crippen LogP contribution in [0.3, 0.4) is 0 Å². The number of carboxylic acids is 1. The molecule has 0 spiro atoms. The lowest BCUT2D eigenvalue weighted by molar-refractivity contribution is 0.0692. The highest BCUT2D eigenvalue weighted by Gasteiger charge is 2.17. The Hall–Kier alpha value is -0.940. The number of aromatic nitrogens is 1. The fourth-order valence-electron chi connectivity index (χ4n) is 1.35. The minimum atomic E-state index is -0.948. The molecule has 1 aromatic rings. The predicted octanol–water partition coefficient (Wildman–Crippen LogP) is 1.48. The average molecular weight is 212 g/mol. The molecule has 1 heterocycles. The summed E-state index contributed by atoms with van der Waals surface area (Å²) in [4.78, 5) is 11.5. The van der Waals surface area contributed by atoms with Crippen LogP contribution >= 0.6 is 11.5 Å². The SMILES string of the molecule is O=C(O)c1cc(CNC2CCC2)sn1. The molecule has 0 aliphatic heterocycles. The highest BCUT2D eigenvalue weighted by Crippen LogP contribution is 2.19. The Labute approximate surface area is 86.1 Å². The lowest BCUT2D eigenvalue weighted by Gasteiger charge is -2.26. The summed E-state index contributed by atoms with van der Waals surface area (Å²) in [7, 11) is 0. The molecule has 0 bridgehead atoms. The Balaban J connectivity index is 1.86. The third kappa shape index (κ3) is 2.10. The summed E-state index contributed by atoms with van der Waals surface area (Å²) in [5.41, 5.74) is 0.153. The molecule has 14 heavy (non-hydrogen) atoms. The van der Waals surface area contributed by atoms with Gasteiger partial charge in [0.25, 0.3) is 0 Å². The Bertz CT molecular complexity index is 333. The van der Waals surface area contributed by atoms with Gasteiger partial charge in [0.05, 0.1) is 0 Å². The standard InChI is InChI=1S/C9H12N2O2S/c12-9(13)8-4-7(14-11-8)5-10-6-2-1-3-6/h4,6,10H,1-3,5H2,(H,12,13). The van der Waals surface area contributed by atoms with E-state index in [1.807, 2.05) is 0 Å². The summed E-state index contributed by atoms with van der Waals surface area (Å²) in [6.45, 7) is 0.746. The Morgan fingerprint density at radius 2 is 2.50 bits per heavy atom. The molecule has 0 aromatic carbocycles. The van der Waals surface area contributed by atoms with Gasteiger partial charge in [0.2, 0.25) is 0 Å². The third-order valence-electron chi connectivity index (χ3n) is 2.45. The van der Waals surface area contributed by atoms with Crippen LogP contribution in [0.2, 0.25) is 0 Å². The molecule has 2 rings (SSSR count). The van der Waals surface area contributed by atoms with E-state index in [4.69, 9.17) is 5.11 Å². The summed E-state index contributed by atoms with van der Waals surface area (Å²) in [5.74, 6) is -0.948. The van der Waals surface area contributed by atoms with Crippen LogP contribution < -0.4 is 5.32 Å². The zero-order chi connectivity index (χ0) is 9.97. The first-order valence-corrected chi connectivity index (χ1v) is 5.45. The lowest BCUT2D eigenvalue weighted by Crippen LogP contribution is -2.34. The van der Waals surface area contributed by atoms with Gasteiger partial charge in [-0.15, -0.1) is 0 Å². The van der Waals surface area contributed by atoms with Gasteiger partial charge in [-0.25, -0.2) is 4.79 Å². The smallest absolute Gasteiger partial charge is 0.355 e. The molecule has 0 radical (unpaired) electrons. The molecule has 1 fully saturated rings. The molecule has 76 valence electrons. The first-order valence-electron chi connectivity index (χ1n) is 4.68. The number of nitrogens with one attached hydrogen (secondary N) is 1. The zero-order valence-electron chi connectivity index (χ0n) is 7.69. The molecule has 1 aliphatic rings. The van der Waals surface area contributed by atoms with Crippen molar-refractivity contribution in [1.82, 2.24) is 9.69 Å². The number of carboxylic acid groups (broad SMARTS) is 1. The van der Waals surface area contributed by atoms with Crippen molar-refractivity contribution in [3.05, 3.63) is 16.6 Å². The van der Waals surface area contributed by atoms with Crippen LogP contribution in [0.25, 0.3) is 0 Å². The van der Waals surface area contributed by atoms with Gasteiger partial charge in [-0.2, -0.15) is 4.37 Å². The molecule has 1 aromatic heterocycles. The summed E-state index contributed by atoms with van der Waals surface area (Å²) in [5, 5.41) is 12.0. The van der Waals surface area contributed by atoms with Crippen molar-refractivity contribution < 1.29 is 9.90 Å². The van der Waals surface area contributed by atoms with Gasteiger partial charge in [0.15, 0.2) is 5.69 Å². The van der Waals surface area contributed by atoms with Gasteiger partial charge < -0.3 is 10.4 Å². The fourth-order valence-corrected chi connectivity index (χ4v) is 2.01. The normalized spacial score (nSPS) is 16.6. The van der Waals surface area contributed by atoms with Crippen molar-refractivity contribution in [3.63, 3.8) is 0 Å². The van der Waals surface area contributed by atoms with E-state index < -0.39 is 5.97 Å². The molecule has 5 heteroatoms. The van der Waals surface area contributed by atoms with Crippen LogP contribution in [0.1, 0.15) is 34.6 Å². The predicted molar refractivity (Wildman–Crippen MR) is 53.6 cm³/mol. The minimum Gasteiger partial charge on any atom is -0.476 e. The second kappa shape index (κ2) is 4.06. The van der Waals surface area contributed by atoms with Crippen molar-refractivity contribution in [1.29, 1.82) is 0 Å². The van der Waals surface area contributed by atoms with E-state index in [0.717, 1.165) is 11.4 Å². The Kier molecular flexibility index (Phi) is 2.79. The molecule has 0 amide bonds. The molecule has 2 N–H and O–H groups in total. The number of nitrogens with zero attached hydrogens (tertiary/aromatic N) is 1. The molecule has 0 unspecified atom stereocenters. The van der Waals surface area contributed by atoms with Crippen LogP contribution in [0.15, 0.2) is 6.07 Å². The Morgan fingerprint density at radius 1 is 1.71 bits per heavy atom. The van der Waals surface area contributed by atoms with Gasteiger partial charge in [0.1, 0.15) is 0 Å². The number of aromatic carboxylic acids is 1. The minimum absolute atomic E-state index is 0.153. The first kappa shape index (κ1) is 9.61. The van der Waals surface area contributed by atoms with Gasteiger partial charge in [0, 0.05) is 17.5 Å². The summed E-state index contributed by atoms with van der Waals surface area (Å²) < 4.78 is 3.84. The van der Waals surface area contributed by atoms with Crippen LogP contribution in [0, 0.1) is 0 Å². The van der Waals surface area contributed by atoms with Crippen molar-refractivity contribution in [3.8, 4) is 0 Å². The van der Waals surface area contributed by atoms with Gasteiger partial charge in [-0.1, -0.05) is 6.42 Å². The molecule has 1 aliphatic carbocycles. The van der Waals surface area contributed by atoms with Crippen molar-refractivity contribution in [2.24, 2.45) is 0 Å². The topological polar surface area (TPSA) is 62.2 Å². The Morgan fingerprint density at radius 3 is 3.00 bits per heavy atom. The second-order valence-electron chi connectivity index (χ2n) is 3.49. The summed E-state index contributed by atoms with van der Waals surface area (Å²) in [6, 6.07) is 2.27. The van der Waals surface area contributed by atoms with E-state index in [0.29, 0.717) is 6.04 Å². The lowest BCUT2D eigenvalue weighted by atomic mass is 9.93. The molecular formula is C9H12N2O2S. The number of rotatable bonds is 4. The van der Waals surface area contributed by atoms with Gasteiger partial charge in [-0.05, 0) is 30.4 Å². The largest absolute Gasteiger partial charge is 0.476 e. The highest BCUT2D eigenvalue weighted by atomic mass is 32.1. The van der Waals surface area contributed by atoms with Crippen molar-refractivity contribution in [2.75, 3.05) is 0 Å². The molecule has 0 atom stereocenters. The first-order chi connectivity index (χ1) is 6.75. The fraction of sp³-hybridized carbons (Fsp3) is 0.556. The second-order valence-corrected chi connectivity index (χ2v) is 4.38. The van der Waals surface area contributed by atoms with E-state index >= 15 is 0 Å². The third-order valence-corrected chi connectivity index (χ3v) is 3.23. The zero-order valence-corrected chi connectivity index (χ0v) is 8.51. The van der Waals surface area contributed by atoms with Crippen LogP contribution in [-0.4, -0.2) is 21.5 Å². The highest BCUT2D eigenvalue weighted by molar-refractivity contribution is 7.05. The quantitative estimate of drug-likeness (QED) is 0.793. The van der Waals surface area contributed by atoms with E-state index in [9.17, 15) is 4.79 Å². The van der Waals surface area contributed by atoms with E-state index in [1.165, 1.54) is 30.8 Å². The maximum atomic E-state index is 10.5. The van der Waals surface area contributed by atoms with Crippen LogP contribution in [0.4, 0.5) is 0 Å². The molecule has 0 saturated heterocycles. The van der Waals surface area contributed by atoms with E-state index in [-0.39, 0.29) is 5.69 Å². The maximum Gasteiger partial charge on any atom is 0.355 e. The maximum absolute atomic E-state index is 10.5. The average Bonchev–Trinajstić information content (AvgIpc) is 2.50. The summed E-state index contributed by atoms with van der Waals surface area (Å²) >= 11 is 1.26. The number of hydrogen-bond acceptors (Lipinski definition) is 4. The molecular weight excluding hydrogens is 200 g/mol. The van der Waals surface area contributed by atoms with Crippen molar-refractivity contribution >= 4 is 17.5 Å². The number of hydrogen-bond donors (Lipinski definition) is 2. The van der Waals surface area contributed by atoms with Crippen LogP contribution in [0.5, 0.6) is 0 Å². The van der Waals surface area contributed by atoms with Crippen molar-refractivity contribution in [2.45, 2.75) is 31.8 Å². The summed E-state index contributed by atoms with van der Waals surface area (Å²) in [6.07, 6.45) is 3.79. The molecule has 4 nitrogen and oxygen atoms in total. The van der Waals surface area contributed by atoms with E-state index in [1.54, 1.807) is 6.07 Å². The van der Waals surface area contributed by atoms with Gasteiger partial charge in [-0.3, -0.25) is 0 Å². The number of carbonyl (C=O) groups is 1. The van der Waals surface area contributed by atoms with Crippen LogP contribution in [-0.2, 0) is 6.54 Å². The monoisotopic (exact) mass is 212 g/mol. The van der Waals surface area contributed by atoms with E-state index in [2.05, 4.69) is 9.69 Å².